The summed E-state index contributed by atoms with van der Waals surface area (Å²) in [5.74, 6) is -0.954. The molecule has 1 amide bonds. The highest BCUT2D eigenvalue weighted by Crippen LogP contribution is 2.40. The first-order valence-electron chi connectivity index (χ1n) is 9.76. The van der Waals surface area contributed by atoms with Gasteiger partial charge >= 0.3 is 5.97 Å². The van der Waals surface area contributed by atoms with Crippen LogP contribution in [0.4, 0.5) is 0 Å². The van der Waals surface area contributed by atoms with Gasteiger partial charge in [-0.15, -0.1) is 0 Å². The molecule has 1 aromatic heterocycles. The number of hydrogen-bond acceptors (Lipinski definition) is 5. The third-order valence-electron chi connectivity index (χ3n) is 5.43. The third-order valence-corrected chi connectivity index (χ3v) is 5.78. The first kappa shape index (κ1) is 20.8. The van der Waals surface area contributed by atoms with Crippen molar-refractivity contribution in [1.29, 1.82) is 0 Å². The van der Waals surface area contributed by atoms with Crippen LogP contribution in [0.1, 0.15) is 34.8 Å². The third kappa shape index (κ3) is 4.09. The fraction of sp³-hybridized carbons (Fsp3) is 0.217. The summed E-state index contributed by atoms with van der Waals surface area (Å²) in [5.41, 5.74) is 2.57. The molecule has 2 atom stereocenters. The van der Waals surface area contributed by atoms with Gasteiger partial charge < -0.3 is 14.7 Å². The van der Waals surface area contributed by atoms with Crippen molar-refractivity contribution in [2.75, 3.05) is 7.11 Å². The monoisotopic (exact) mass is 437 g/mol. The molecule has 0 spiro atoms. The van der Waals surface area contributed by atoms with Crippen molar-refractivity contribution in [3.05, 3.63) is 77.1 Å². The molecule has 1 aliphatic rings. The lowest BCUT2D eigenvalue weighted by Gasteiger charge is -2.29. The summed E-state index contributed by atoms with van der Waals surface area (Å²) in [5, 5.41) is 10.2. The Morgan fingerprint density at radius 3 is 2.42 bits per heavy atom. The van der Waals surface area contributed by atoms with Gasteiger partial charge in [0.25, 0.3) is 5.91 Å². The molecule has 3 aromatic rings. The van der Waals surface area contributed by atoms with Crippen molar-refractivity contribution < 1.29 is 19.4 Å². The molecule has 2 aromatic carbocycles. The Morgan fingerprint density at radius 1 is 1.06 bits per heavy atom. The molecule has 1 N–H and O–H groups in total. The molecular formula is C23H20ClN3O4. The first-order valence-corrected chi connectivity index (χ1v) is 10.1. The number of hydrogen-bond donors (Lipinski definition) is 1. The molecule has 158 valence electrons. The normalized spacial score (nSPS) is 18.1. The lowest BCUT2D eigenvalue weighted by Crippen LogP contribution is -2.41. The Kier molecular flexibility index (Phi) is 5.86. The maximum Gasteiger partial charge on any atom is 0.326 e. The minimum atomic E-state index is -1.02. The van der Waals surface area contributed by atoms with Crippen molar-refractivity contribution in [2.24, 2.45) is 0 Å². The number of methoxy groups -OCH3 is 1. The van der Waals surface area contributed by atoms with E-state index >= 15 is 0 Å². The van der Waals surface area contributed by atoms with Gasteiger partial charge in [0.15, 0.2) is 0 Å². The number of halogens is 1. The number of nitrogens with zero attached hydrogens (tertiary/aromatic N) is 3. The van der Waals surface area contributed by atoms with E-state index in [0.717, 1.165) is 11.1 Å². The van der Waals surface area contributed by atoms with Crippen molar-refractivity contribution in [3.8, 4) is 17.1 Å². The molecule has 2 heterocycles. The molecule has 1 aliphatic heterocycles. The van der Waals surface area contributed by atoms with Gasteiger partial charge in [-0.25, -0.2) is 14.8 Å². The SMILES string of the molecule is COc1cnc(-c2ccc(C(=O)N3[C@@H](c4ccccc4Cl)CC[C@H]3C(=O)O)cc2)cn1. The Hall–Kier alpha value is -3.45. The number of carbonyl (C=O) groups is 2. The standard InChI is InChI=1S/C23H20ClN3O4/c1-31-21-13-25-18(12-26-21)14-6-8-15(9-7-14)22(28)27-19(10-11-20(27)23(29)30)16-4-2-3-5-17(16)24/h2-9,12-13,19-20H,10-11H2,1H3,(H,29,30)/t19-,20+/m1/s1. The molecule has 0 saturated carbocycles. The number of aliphatic carboxylic acids is 1. The summed E-state index contributed by atoms with van der Waals surface area (Å²) < 4.78 is 5.02. The molecule has 0 unspecified atom stereocenters. The molecule has 8 heteroatoms. The fourth-order valence-corrected chi connectivity index (χ4v) is 4.15. The number of rotatable bonds is 5. The van der Waals surface area contributed by atoms with E-state index in [-0.39, 0.29) is 5.91 Å². The summed E-state index contributed by atoms with van der Waals surface area (Å²) in [7, 11) is 1.52. The molecule has 0 bridgehead atoms. The van der Waals surface area contributed by atoms with E-state index in [1.54, 1.807) is 36.5 Å². The van der Waals surface area contributed by atoms with Gasteiger partial charge in [0.1, 0.15) is 6.04 Å². The van der Waals surface area contributed by atoms with E-state index in [4.69, 9.17) is 16.3 Å². The van der Waals surface area contributed by atoms with E-state index in [0.29, 0.717) is 35.0 Å². The Balaban J connectivity index is 1.63. The number of benzene rings is 2. The van der Waals surface area contributed by atoms with Crippen LogP contribution in [0.2, 0.25) is 5.02 Å². The maximum absolute atomic E-state index is 13.4. The van der Waals surface area contributed by atoms with Crippen LogP contribution in [0.25, 0.3) is 11.3 Å². The topological polar surface area (TPSA) is 92.6 Å². The van der Waals surface area contributed by atoms with Gasteiger partial charge in [-0.05, 0) is 36.6 Å². The van der Waals surface area contributed by atoms with Gasteiger partial charge in [-0.1, -0.05) is 41.9 Å². The second-order valence-corrected chi connectivity index (χ2v) is 7.61. The number of ether oxygens (including phenoxy) is 1. The van der Waals surface area contributed by atoms with Gasteiger partial charge in [-0.2, -0.15) is 0 Å². The minimum absolute atomic E-state index is 0.345. The predicted molar refractivity (Wildman–Crippen MR) is 115 cm³/mol. The minimum Gasteiger partial charge on any atom is -0.480 e. The van der Waals surface area contributed by atoms with E-state index in [1.807, 2.05) is 18.2 Å². The highest BCUT2D eigenvalue weighted by molar-refractivity contribution is 6.31. The predicted octanol–water partition coefficient (Wildman–Crippen LogP) is 4.24. The van der Waals surface area contributed by atoms with E-state index in [9.17, 15) is 14.7 Å². The second-order valence-electron chi connectivity index (χ2n) is 7.20. The molecule has 1 fully saturated rings. The van der Waals surface area contributed by atoms with Crippen LogP contribution in [-0.2, 0) is 4.79 Å². The molecule has 1 saturated heterocycles. The number of aromatic nitrogens is 2. The first-order chi connectivity index (χ1) is 15.0. The van der Waals surface area contributed by atoms with Crippen molar-refractivity contribution in [2.45, 2.75) is 24.9 Å². The van der Waals surface area contributed by atoms with Gasteiger partial charge in [0, 0.05) is 16.1 Å². The van der Waals surface area contributed by atoms with Crippen LogP contribution in [0.5, 0.6) is 5.88 Å². The highest BCUT2D eigenvalue weighted by atomic mass is 35.5. The molecular weight excluding hydrogens is 418 g/mol. The zero-order valence-electron chi connectivity index (χ0n) is 16.7. The average molecular weight is 438 g/mol. The Labute approximate surface area is 184 Å². The summed E-state index contributed by atoms with van der Waals surface area (Å²) in [6, 6.07) is 12.8. The smallest absolute Gasteiger partial charge is 0.326 e. The van der Waals surface area contributed by atoms with Crippen molar-refractivity contribution in [1.82, 2.24) is 14.9 Å². The zero-order chi connectivity index (χ0) is 22.0. The number of carbonyl (C=O) groups excluding carboxylic acids is 1. The fourth-order valence-electron chi connectivity index (χ4n) is 3.89. The molecule has 0 radical (unpaired) electrons. The number of carboxylic acid groups (broad SMARTS) is 1. The van der Waals surface area contributed by atoms with Crippen LogP contribution in [0.15, 0.2) is 60.9 Å². The largest absolute Gasteiger partial charge is 0.480 e. The highest BCUT2D eigenvalue weighted by Gasteiger charge is 2.42. The second kappa shape index (κ2) is 8.73. The van der Waals surface area contributed by atoms with Gasteiger partial charge in [0.05, 0.1) is 31.2 Å². The van der Waals surface area contributed by atoms with Gasteiger partial charge in [0.2, 0.25) is 5.88 Å². The van der Waals surface area contributed by atoms with Crippen LogP contribution in [-0.4, -0.2) is 45.0 Å². The molecule has 7 nitrogen and oxygen atoms in total. The maximum atomic E-state index is 13.4. The van der Waals surface area contributed by atoms with Crippen molar-refractivity contribution >= 4 is 23.5 Å². The Morgan fingerprint density at radius 2 is 1.81 bits per heavy atom. The van der Waals surface area contributed by atoms with E-state index in [1.165, 1.54) is 18.2 Å². The lowest BCUT2D eigenvalue weighted by molar-refractivity contribution is -0.141. The lowest BCUT2D eigenvalue weighted by atomic mass is 10.0. The quantitative estimate of drug-likeness (QED) is 0.641. The van der Waals surface area contributed by atoms with E-state index in [2.05, 4.69) is 9.97 Å². The zero-order valence-corrected chi connectivity index (χ0v) is 17.5. The number of carboxylic acids is 1. The van der Waals surface area contributed by atoms with E-state index < -0.39 is 18.1 Å². The molecule has 0 aliphatic carbocycles. The Bertz CT molecular complexity index is 1100. The number of amides is 1. The summed E-state index contributed by atoms with van der Waals surface area (Å²) in [6.45, 7) is 0. The number of likely N-dealkylation sites (tertiary alicyclic amines) is 1. The summed E-state index contributed by atoms with van der Waals surface area (Å²) >= 11 is 6.35. The average Bonchev–Trinajstić information content (AvgIpc) is 3.24. The molecule has 4 rings (SSSR count). The van der Waals surface area contributed by atoms with Crippen LogP contribution >= 0.6 is 11.6 Å². The van der Waals surface area contributed by atoms with Crippen LogP contribution < -0.4 is 4.74 Å². The van der Waals surface area contributed by atoms with Gasteiger partial charge in [-0.3, -0.25) is 4.79 Å². The van der Waals surface area contributed by atoms with Crippen LogP contribution in [0.3, 0.4) is 0 Å². The summed E-state index contributed by atoms with van der Waals surface area (Å²) in [6.07, 6.45) is 4.01. The van der Waals surface area contributed by atoms with Crippen LogP contribution in [0, 0.1) is 0 Å². The summed E-state index contributed by atoms with van der Waals surface area (Å²) in [4.78, 5) is 35.1. The van der Waals surface area contributed by atoms with Crippen molar-refractivity contribution in [3.63, 3.8) is 0 Å². The molecule has 31 heavy (non-hydrogen) atoms.